The van der Waals surface area contributed by atoms with Crippen molar-refractivity contribution in [2.45, 2.75) is 9.79 Å². The van der Waals surface area contributed by atoms with Crippen molar-refractivity contribution in [3.8, 4) is 0 Å². The van der Waals surface area contributed by atoms with Gasteiger partial charge in [-0.3, -0.25) is 8.74 Å². The largest absolute Gasteiger partial charge is 0.399 e. The summed E-state index contributed by atoms with van der Waals surface area (Å²) >= 11 is 0. The van der Waals surface area contributed by atoms with Crippen LogP contribution in [0.15, 0.2) is 40.1 Å². The zero-order valence-corrected chi connectivity index (χ0v) is 11.9. The second-order valence-corrected chi connectivity index (χ2v) is 7.10. The van der Waals surface area contributed by atoms with E-state index in [9.17, 15) is 16.8 Å². The zero-order valence-electron chi connectivity index (χ0n) is 10.3. The quantitative estimate of drug-likeness (QED) is 0.491. The molecule has 0 radical (unpaired) electrons. The summed E-state index contributed by atoms with van der Waals surface area (Å²) in [4.78, 5) is -0.914. The monoisotopic (exact) mass is 317 g/mol. The Hall–Kier alpha value is -1.68. The summed E-state index contributed by atoms with van der Waals surface area (Å²) in [5, 5.41) is 0.504. The minimum absolute atomic E-state index is 0.208. The summed E-state index contributed by atoms with van der Waals surface area (Å²) in [7, 11) is -7.75. The third kappa shape index (κ3) is 2.61. The summed E-state index contributed by atoms with van der Waals surface area (Å²) in [6, 6.07) is 6.30. The summed E-state index contributed by atoms with van der Waals surface area (Å²) in [5.41, 5.74) is 5.91. The standard InChI is InChI=1S/C11H11NO6S2/c1-18-20(16,17)11-6-9(19(13,14)15)4-7-2-3-8(12)5-10(7)11/h2-6H,12H2,1H3,(H,13,14,15). The maximum absolute atomic E-state index is 11.9. The fraction of sp³-hybridized carbons (Fsp3) is 0.0909. The van der Waals surface area contributed by atoms with Gasteiger partial charge in [0.1, 0.15) is 4.90 Å². The molecule has 2 aromatic rings. The summed E-state index contributed by atoms with van der Waals surface area (Å²) in [6.45, 7) is 0. The van der Waals surface area contributed by atoms with E-state index in [-0.39, 0.29) is 10.3 Å². The van der Waals surface area contributed by atoms with Gasteiger partial charge in [0.05, 0.1) is 12.0 Å². The number of nitrogen functional groups attached to an aromatic ring is 1. The van der Waals surface area contributed by atoms with Crippen LogP contribution in [-0.4, -0.2) is 28.5 Å². The lowest BCUT2D eigenvalue weighted by atomic mass is 10.1. The van der Waals surface area contributed by atoms with Gasteiger partial charge in [-0.15, -0.1) is 0 Å². The Balaban J connectivity index is 2.99. The maximum Gasteiger partial charge on any atom is 0.297 e. The van der Waals surface area contributed by atoms with Crippen molar-refractivity contribution in [3.63, 3.8) is 0 Å². The van der Waals surface area contributed by atoms with E-state index in [0.717, 1.165) is 19.2 Å². The van der Waals surface area contributed by atoms with Crippen molar-refractivity contribution < 1.29 is 25.6 Å². The molecule has 3 N–H and O–H groups in total. The average molecular weight is 317 g/mol. The molecule has 0 saturated carbocycles. The van der Waals surface area contributed by atoms with E-state index in [2.05, 4.69) is 4.18 Å². The first-order chi connectivity index (χ1) is 9.15. The molecular formula is C11H11NO6S2. The van der Waals surface area contributed by atoms with E-state index < -0.39 is 25.1 Å². The fourth-order valence-electron chi connectivity index (χ4n) is 1.76. The van der Waals surface area contributed by atoms with Crippen molar-refractivity contribution >= 4 is 36.7 Å². The molecule has 0 fully saturated rings. The molecule has 0 aromatic heterocycles. The molecule has 108 valence electrons. The van der Waals surface area contributed by atoms with Gasteiger partial charge in [-0.2, -0.15) is 16.8 Å². The highest BCUT2D eigenvalue weighted by atomic mass is 32.2. The van der Waals surface area contributed by atoms with E-state index in [1.54, 1.807) is 0 Å². The van der Waals surface area contributed by atoms with Crippen molar-refractivity contribution in [2.24, 2.45) is 0 Å². The Kier molecular flexibility index (Phi) is 3.46. The number of fused-ring (bicyclic) bond motifs is 1. The molecule has 0 atom stereocenters. The Bertz CT molecular complexity index is 887. The number of hydrogen-bond acceptors (Lipinski definition) is 6. The van der Waals surface area contributed by atoms with Gasteiger partial charge in [0.2, 0.25) is 0 Å². The highest BCUT2D eigenvalue weighted by Gasteiger charge is 2.22. The lowest BCUT2D eigenvalue weighted by Gasteiger charge is -2.09. The fourth-order valence-corrected chi connectivity index (χ4v) is 3.27. The number of anilines is 1. The van der Waals surface area contributed by atoms with Crippen LogP contribution in [0.4, 0.5) is 5.69 Å². The molecule has 0 spiro atoms. The van der Waals surface area contributed by atoms with Gasteiger partial charge in [-0.05, 0) is 29.7 Å². The van der Waals surface area contributed by atoms with Gasteiger partial charge in [-0.1, -0.05) is 6.07 Å². The van der Waals surface area contributed by atoms with E-state index in [1.807, 2.05) is 0 Å². The average Bonchev–Trinajstić information content (AvgIpc) is 2.36. The normalized spacial score (nSPS) is 12.7. The van der Waals surface area contributed by atoms with Crippen LogP contribution in [0, 0.1) is 0 Å². The van der Waals surface area contributed by atoms with Gasteiger partial charge in [-0.25, -0.2) is 0 Å². The molecule has 0 aliphatic heterocycles. The second-order valence-electron chi connectivity index (χ2n) is 4.00. The molecule has 9 heteroatoms. The van der Waals surface area contributed by atoms with Gasteiger partial charge in [0.25, 0.3) is 20.2 Å². The van der Waals surface area contributed by atoms with Gasteiger partial charge in [0, 0.05) is 11.1 Å². The summed E-state index contributed by atoms with van der Waals surface area (Å²) in [6.07, 6.45) is 0. The van der Waals surface area contributed by atoms with E-state index in [1.165, 1.54) is 18.2 Å². The minimum atomic E-state index is -4.55. The Labute approximate surface area is 115 Å². The summed E-state index contributed by atoms with van der Waals surface area (Å²) in [5.74, 6) is 0. The first kappa shape index (κ1) is 14.7. The molecule has 0 aliphatic carbocycles. The molecule has 0 heterocycles. The molecule has 0 aliphatic rings. The SMILES string of the molecule is COS(=O)(=O)c1cc(S(=O)(=O)O)cc2ccc(N)cc12. The van der Waals surface area contributed by atoms with Gasteiger partial charge >= 0.3 is 0 Å². The topological polar surface area (TPSA) is 124 Å². The van der Waals surface area contributed by atoms with E-state index in [4.69, 9.17) is 10.3 Å². The first-order valence-corrected chi connectivity index (χ1v) is 8.11. The third-order valence-electron chi connectivity index (χ3n) is 2.70. The second kappa shape index (κ2) is 4.70. The van der Waals surface area contributed by atoms with Crippen LogP contribution in [0.3, 0.4) is 0 Å². The lowest BCUT2D eigenvalue weighted by molar-refractivity contribution is 0.398. The van der Waals surface area contributed by atoms with Crippen LogP contribution in [0.25, 0.3) is 10.8 Å². The Morgan fingerprint density at radius 3 is 2.30 bits per heavy atom. The highest BCUT2D eigenvalue weighted by Crippen LogP contribution is 2.29. The zero-order chi connectivity index (χ0) is 15.1. The van der Waals surface area contributed by atoms with Crippen LogP contribution in [0.1, 0.15) is 0 Å². The van der Waals surface area contributed by atoms with E-state index in [0.29, 0.717) is 11.1 Å². The molecule has 0 amide bonds. The van der Waals surface area contributed by atoms with Crippen LogP contribution >= 0.6 is 0 Å². The predicted molar refractivity (Wildman–Crippen MR) is 72.4 cm³/mol. The molecule has 0 saturated heterocycles. The Morgan fingerprint density at radius 2 is 1.75 bits per heavy atom. The number of nitrogens with two attached hydrogens (primary N) is 1. The smallest absolute Gasteiger partial charge is 0.297 e. The number of rotatable bonds is 3. The first-order valence-electron chi connectivity index (χ1n) is 5.26. The number of hydrogen-bond donors (Lipinski definition) is 2. The summed E-state index contributed by atoms with van der Waals surface area (Å²) < 4.78 is 59.6. The molecule has 0 bridgehead atoms. The lowest BCUT2D eigenvalue weighted by Crippen LogP contribution is -2.07. The molecule has 7 nitrogen and oxygen atoms in total. The highest BCUT2D eigenvalue weighted by molar-refractivity contribution is 7.87. The molecule has 20 heavy (non-hydrogen) atoms. The van der Waals surface area contributed by atoms with E-state index >= 15 is 0 Å². The van der Waals surface area contributed by atoms with Crippen LogP contribution in [0.2, 0.25) is 0 Å². The minimum Gasteiger partial charge on any atom is -0.399 e. The molecule has 2 aromatic carbocycles. The maximum atomic E-state index is 11.9. The molecule has 2 rings (SSSR count). The van der Waals surface area contributed by atoms with Crippen LogP contribution in [0.5, 0.6) is 0 Å². The van der Waals surface area contributed by atoms with Crippen molar-refractivity contribution in [3.05, 3.63) is 30.3 Å². The predicted octanol–water partition coefficient (Wildman–Crippen LogP) is 1.00. The van der Waals surface area contributed by atoms with Gasteiger partial charge in [0.15, 0.2) is 0 Å². The third-order valence-corrected chi connectivity index (χ3v) is 4.85. The van der Waals surface area contributed by atoms with Crippen LogP contribution < -0.4 is 5.73 Å². The Morgan fingerprint density at radius 1 is 1.10 bits per heavy atom. The van der Waals surface area contributed by atoms with Gasteiger partial charge < -0.3 is 5.73 Å². The molecular weight excluding hydrogens is 306 g/mol. The van der Waals surface area contributed by atoms with Crippen molar-refractivity contribution in [1.29, 1.82) is 0 Å². The van der Waals surface area contributed by atoms with Crippen molar-refractivity contribution in [2.75, 3.05) is 12.8 Å². The van der Waals surface area contributed by atoms with Crippen molar-refractivity contribution in [1.82, 2.24) is 0 Å². The molecule has 0 unspecified atom stereocenters. The number of benzene rings is 2. The van der Waals surface area contributed by atoms with Crippen LogP contribution in [-0.2, 0) is 24.4 Å².